The van der Waals surface area contributed by atoms with Gasteiger partial charge in [-0.05, 0) is 32.0 Å². The molecule has 0 bridgehead atoms. The van der Waals surface area contributed by atoms with Gasteiger partial charge in [-0.1, -0.05) is 0 Å². The molecule has 3 aromatic heterocycles. The Balaban J connectivity index is 1.95. The SMILES string of the molecule is Cc1cc(-c2nc3cc4nc(C)[nH]c4cc3[nH]2)n[nH]1. The highest BCUT2D eigenvalue weighted by Crippen LogP contribution is 2.23. The summed E-state index contributed by atoms with van der Waals surface area (Å²) in [6.45, 7) is 3.91. The molecule has 0 atom stereocenters. The van der Waals surface area contributed by atoms with Crippen molar-refractivity contribution in [1.82, 2.24) is 30.1 Å². The van der Waals surface area contributed by atoms with E-state index in [0.29, 0.717) is 0 Å². The number of rotatable bonds is 1. The molecule has 0 aliphatic heterocycles. The molecule has 3 heterocycles. The molecule has 6 nitrogen and oxygen atoms in total. The van der Waals surface area contributed by atoms with Crippen molar-refractivity contribution >= 4 is 22.1 Å². The number of H-pyrrole nitrogens is 3. The number of benzene rings is 1. The third-order valence-electron chi connectivity index (χ3n) is 3.15. The van der Waals surface area contributed by atoms with Crippen molar-refractivity contribution in [3.8, 4) is 11.5 Å². The zero-order valence-electron chi connectivity index (χ0n) is 10.6. The van der Waals surface area contributed by atoms with Gasteiger partial charge in [-0.2, -0.15) is 5.10 Å². The van der Waals surface area contributed by atoms with E-state index in [1.807, 2.05) is 32.0 Å². The Bertz CT molecular complexity index is 843. The average Bonchev–Trinajstić information content (AvgIpc) is 3.02. The van der Waals surface area contributed by atoms with Crippen molar-refractivity contribution in [2.24, 2.45) is 0 Å². The summed E-state index contributed by atoms with van der Waals surface area (Å²) in [6.07, 6.45) is 0. The van der Waals surface area contributed by atoms with Crippen molar-refractivity contribution in [2.75, 3.05) is 0 Å². The quantitative estimate of drug-likeness (QED) is 0.486. The molecule has 19 heavy (non-hydrogen) atoms. The van der Waals surface area contributed by atoms with Crippen molar-refractivity contribution in [3.05, 3.63) is 29.7 Å². The monoisotopic (exact) mass is 252 g/mol. The first-order chi connectivity index (χ1) is 9.19. The minimum absolute atomic E-state index is 0.767. The molecule has 0 spiro atoms. The summed E-state index contributed by atoms with van der Waals surface area (Å²) in [7, 11) is 0. The lowest BCUT2D eigenvalue weighted by Gasteiger charge is -1.88. The highest BCUT2D eigenvalue weighted by atomic mass is 15.1. The lowest BCUT2D eigenvalue weighted by Crippen LogP contribution is -1.79. The van der Waals surface area contributed by atoms with Crippen molar-refractivity contribution < 1.29 is 0 Å². The Kier molecular flexibility index (Phi) is 1.87. The van der Waals surface area contributed by atoms with E-state index in [-0.39, 0.29) is 0 Å². The normalized spacial score (nSPS) is 11.7. The predicted octanol–water partition coefficient (Wildman–Crippen LogP) is 2.45. The van der Waals surface area contributed by atoms with Crippen LogP contribution in [0.4, 0.5) is 0 Å². The lowest BCUT2D eigenvalue weighted by atomic mass is 10.3. The summed E-state index contributed by atoms with van der Waals surface area (Å²) in [4.78, 5) is 15.5. The number of fused-ring (bicyclic) bond motifs is 2. The Labute approximate surface area is 108 Å². The van der Waals surface area contributed by atoms with Crippen LogP contribution >= 0.6 is 0 Å². The molecular formula is C13H12N6. The zero-order valence-corrected chi connectivity index (χ0v) is 10.6. The first-order valence-corrected chi connectivity index (χ1v) is 6.07. The van der Waals surface area contributed by atoms with Gasteiger partial charge in [-0.15, -0.1) is 0 Å². The van der Waals surface area contributed by atoms with E-state index in [1.54, 1.807) is 0 Å². The number of nitrogens with one attached hydrogen (secondary N) is 3. The number of imidazole rings is 2. The maximum Gasteiger partial charge on any atom is 0.159 e. The topological polar surface area (TPSA) is 86.0 Å². The number of nitrogens with zero attached hydrogens (tertiary/aromatic N) is 3. The number of hydrogen-bond acceptors (Lipinski definition) is 3. The predicted molar refractivity (Wildman–Crippen MR) is 72.8 cm³/mol. The summed E-state index contributed by atoms with van der Waals surface area (Å²) >= 11 is 0. The van der Waals surface area contributed by atoms with Crippen LogP contribution in [0.1, 0.15) is 11.5 Å². The van der Waals surface area contributed by atoms with Crippen molar-refractivity contribution in [3.63, 3.8) is 0 Å². The van der Waals surface area contributed by atoms with Crippen LogP contribution in [0.15, 0.2) is 18.2 Å². The van der Waals surface area contributed by atoms with E-state index >= 15 is 0 Å². The van der Waals surface area contributed by atoms with E-state index in [2.05, 4.69) is 30.1 Å². The molecule has 6 heteroatoms. The first-order valence-electron chi connectivity index (χ1n) is 6.07. The van der Waals surface area contributed by atoms with E-state index < -0.39 is 0 Å². The largest absolute Gasteiger partial charge is 0.342 e. The van der Waals surface area contributed by atoms with Crippen LogP contribution in [-0.4, -0.2) is 30.1 Å². The second-order valence-electron chi connectivity index (χ2n) is 4.73. The Hall–Kier alpha value is -2.63. The van der Waals surface area contributed by atoms with Crippen LogP contribution in [0.2, 0.25) is 0 Å². The molecule has 0 unspecified atom stereocenters. The van der Waals surface area contributed by atoms with Gasteiger partial charge in [0.1, 0.15) is 11.5 Å². The van der Waals surface area contributed by atoms with Gasteiger partial charge in [-0.3, -0.25) is 5.10 Å². The molecular weight excluding hydrogens is 240 g/mol. The molecule has 0 saturated heterocycles. The van der Waals surface area contributed by atoms with E-state index in [9.17, 15) is 0 Å². The second kappa shape index (κ2) is 3.44. The number of hydrogen-bond donors (Lipinski definition) is 3. The molecule has 0 aliphatic carbocycles. The maximum absolute atomic E-state index is 4.56. The maximum atomic E-state index is 4.56. The number of aryl methyl sites for hydroxylation is 2. The van der Waals surface area contributed by atoms with Gasteiger partial charge < -0.3 is 9.97 Å². The van der Waals surface area contributed by atoms with E-state index in [4.69, 9.17) is 0 Å². The van der Waals surface area contributed by atoms with Gasteiger partial charge in [0.25, 0.3) is 0 Å². The second-order valence-corrected chi connectivity index (χ2v) is 4.73. The summed E-state index contributed by atoms with van der Waals surface area (Å²) in [6, 6.07) is 5.97. The van der Waals surface area contributed by atoms with Gasteiger partial charge in [0.2, 0.25) is 0 Å². The molecule has 0 saturated carbocycles. The zero-order chi connectivity index (χ0) is 13.0. The fourth-order valence-corrected chi connectivity index (χ4v) is 2.30. The molecule has 94 valence electrons. The van der Waals surface area contributed by atoms with E-state index in [0.717, 1.165) is 45.1 Å². The van der Waals surface area contributed by atoms with Crippen molar-refractivity contribution in [1.29, 1.82) is 0 Å². The summed E-state index contributed by atoms with van der Waals surface area (Å²) in [5, 5.41) is 7.13. The standard InChI is InChI=1S/C13H12N6/c1-6-3-12(19-18-6)13-16-10-4-8-9(5-11(10)17-13)15-7(2)14-8/h3-5H,1-2H3,(H,14,15)(H,16,17)(H,18,19). The van der Waals surface area contributed by atoms with Crippen LogP contribution in [-0.2, 0) is 0 Å². The summed E-state index contributed by atoms with van der Waals surface area (Å²) in [5.74, 6) is 1.68. The van der Waals surface area contributed by atoms with E-state index in [1.165, 1.54) is 0 Å². The van der Waals surface area contributed by atoms with Crippen LogP contribution in [0.3, 0.4) is 0 Å². The minimum atomic E-state index is 0.767. The Morgan fingerprint density at radius 2 is 1.68 bits per heavy atom. The first kappa shape index (κ1) is 10.3. The molecule has 0 fully saturated rings. The minimum Gasteiger partial charge on any atom is -0.342 e. The van der Waals surface area contributed by atoms with Gasteiger partial charge >= 0.3 is 0 Å². The smallest absolute Gasteiger partial charge is 0.159 e. The molecule has 3 N–H and O–H groups in total. The fourth-order valence-electron chi connectivity index (χ4n) is 2.30. The summed E-state index contributed by atoms with van der Waals surface area (Å²) in [5.41, 5.74) is 5.66. The molecule has 1 aromatic carbocycles. The fraction of sp³-hybridized carbons (Fsp3) is 0.154. The Morgan fingerprint density at radius 3 is 2.47 bits per heavy atom. The molecule has 4 rings (SSSR count). The average molecular weight is 252 g/mol. The third-order valence-corrected chi connectivity index (χ3v) is 3.15. The molecule has 0 aliphatic rings. The number of aromatic amines is 3. The highest BCUT2D eigenvalue weighted by Gasteiger charge is 2.10. The van der Waals surface area contributed by atoms with Crippen LogP contribution in [0, 0.1) is 13.8 Å². The van der Waals surface area contributed by atoms with Crippen LogP contribution < -0.4 is 0 Å². The Morgan fingerprint density at radius 1 is 0.895 bits per heavy atom. The van der Waals surface area contributed by atoms with Crippen LogP contribution in [0.25, 0.3) is 33.6 Å². The highest BCUT2D eigenvalue weighted by molar-refractivity contribution is 5.92. The van der Waals surface area contributed by atoms with Gasteiger partial charge in [-0.25, -0.2) is 9.97 Å². The van der Waals surface area contributed by atoms with Crippen LogP contribution in [0.5, 0.6) is 0 Å². The molecule has 0 radical (unpaired) electrons. The summed E-state index contributed by atoms with van der Waals surface area (Å²) < 4.78 is 0. The van der Waals surface area contributed by atoms with Gasteiger partial charge in [0, 0.05) is 5.69 Å². The molecule has 4 aromatic rings. The van der Waals surface area contributed by atoms with Gasteiger partial charge in [0.05, 0.1) is 22.1 Å². The third kappa shape index (κ3) is 1.53. The lowest BCUT2D eigenvalue weighted by molar-refractivity contribution is 1.04. The van der Waals surface area contributed by atoms with Gasteiger partial charge in [0.15, 0.2) is 5.82 Å². The number of aromatic nitrogens is 6. The van der Waals surface area contributed by atoms with Crippen molar-refractivity contribution in [2.45, 2.75) is 13.8 Å². The molecule has 0 amide bonds.